The maximum atomic E-state index is 5.74. The van der Waals surface area contributed by atoms with Crippen molar-refractivity contribution in [2.45, 2.75) is 26.4 Å². The number of nitrogen functional groups attached to an aromatic ring is 1. The van der Waals surface area contributed by atoms with Crippen LogP contribution in [0.3, 0.4) is 0 Å². The van der Waals surface area contributed by atoms with Gasteiger partial charge in [-0.15, -0.1) is 11.3 Å². The fourth-order valence-corrected chi connectivity index (χ4v) is 2.66. The lowest BCUT2D eigenvalue weighted by atomic mass is 10.1. The summed E-state index contributed by atoms with van der Waals surface area (Å²) in [6.45, 7) is 4.85. The van der Waals surface area contributed by atoms with E-state index in [1.54, 1.807) is 18.4 Å². The Morgan fingerprint density at radius 3 is 2.89 bits per heavy atom. The second kappa shape index (κ2) is 6.04. The first kappa shape index (κ1) is 13.8. The van der Waals surface area contributed by atoms with Crippen molar-refractivity contribution in [3.63, 3.8) is 0 Å². The summed E-state index contributed by atoms with van der Waals surface area (Å²) in [7, 11) is 1.66. The Balaban J connectivity index is 2.02. The molecule has 0 fully saturated rings. The molecule has 0 saturated heterocycles. The summed E-state index contributed by atoms with van der Waals surface area (Å²) < 4.78 is 5.34. The van der Waals surface area contributed by atoms with Gasteiger partial charge in [0.25, 0.3) is 0 Å². The van der Waals surface area contributed by atoms with Crippen molar-refractivity contribution in [3.8, 4) is 5.75 Å². The number of nitrogens with one attached hydrogen (secondary N) is 1. The van der Waals surface area contributed by atoms with Crippen molar-refractivity contribution in [2.75, 3.05) is 12.8 Å². The molecular weight excluding hydrogens is 258 g/mol. The molecule has 0 radical (unpaired) electrons. The third kappa shape index (κ3) is 3.45. The van der Waals surface area contributed by atoms with Gasteiger partial charge in [-0.1, -0.05) is 6.07 Å². The zero-order valence-electron chi connectivity index (χ0n) is 11.4. The number of nitrogens with two attached hydrogens (primary N) is 1. The molecule has 19 heavy (non-hydrogen) atoms. The standard InChI is InChI=1S/C14H19N3OS/c1-9-8-19-14(17-9)10(2)16-7-11-4-5-12(15)6-13(11)18-3/h4-6,8,10,16H,7,15H2,1-3H3. The predicted octanol–water partition coefficient (Wildman–Crippen LogP) is 2.89. The van der Waals surface area contributed by atoms with Crippen LogP contribution in [0.5, 0.6) is 5.75 Å². The summed E-state index contributed by atoms with van der Waals surface area (Å²) in [5, 5.41) is 6.62. The van der Waals surface area contributed by atoms with E-state index < -0.39 is 0 Å². The highest BCUT2D eigenvalue weighted by Gasteiger charge is 2.10. The van der Waals surface area contributed by atoms with Gasteiger partial charge in [0.2, 0.25) is 0 Å². The van der Waals surface area contributed by atoms with Gasteiger partial charge in [-0.25, -0.2) is 4.98 Å². The van der Waals surface area contributed by atoms with Crippen LogP contribution < -0.4 is 15.8 Å². The lowest BCUT2D eigenvalue weighted by molar-refractivity contribution is 0.406. The normalized spacial score (nSPS) is 12.4. The van der Waals surface area contributed by atoms with Gasteiger partial charge >= 0.3 is 0 Å². The van der Waals surface area contributed by atoms with Gasteiger partial charge < -0.3 is 15.8 Å². The van der Waals surface area contributed by atoms with Crippen molar-refractivity contribution >= 4 is 17.0 Å². The lowest BCUT2D eigenvalue weighted by Gasteiger charge is -2.14. The number of ether oxygens (including phenoxy) is 1. The van der Waals surface area contributed by atoms with Crippen LogP contribution in [0.2, 0.25) is 0 Å². The molecule has 0 amide bonds. The highest BCUT2D eigenvalue weighted by atomic mass is 32.1. The Morgan fingerprint density at radius 1 is 1.47 bits per heavy atom. The summed E-state index contributed by atoms with van der Waals surface area (Å²) in [5.41, 5.74) is 8.62. The van der Waals surface area contributed by atoms with E-state index in [9.17, 15) is 0 Å². The van der Waals surface area contributed by atoms with E-state index in [4.69, 9.17) is 10.5 Å². The second-order valence-corrected chi connectivity index (χ2v) is 5.39. The maximum Gasteiger partial charge on any atom is 0.125 e. The molecule has 1 atom stereocenters. The molecule has 0 spiro atoms. The van der Waals surface area contributed by atoms with Gasteiger partial charge in [0, 0.05) is 34.9 Å². The van der Waals surface area contributed by atoms with Gasteiger partial charge in [0.1, 0.15) is 10.8 Å². The van der Waals surface area contributed by atoms with E-state index in [1.807, 2.05) is 25.1 Å². The number of aromatic nitrogens is 1. The molecule has 1 heterocycles. The molecule has 2 aromatic rings. The molecule has 1 aromatic heterocycles. The van der Waals surface area contributed by atoms with Crippen molar-refractivity contribution < 1.29 is 4.74 Å². The number of benzene rings is 1. The van der Waals surface area contributed by atoms with Crippen LogP contribution >= 0.6 is 11.3 Å². The molecule has 0 aliphatic rings. The van der Waals surface area contributed by atoms with E-state index in [-0.39, 0.29) is 6.04 Å². The summed E-state index contributed by atoms with van der Waals surface area (Å²) >= 11 is 1.68. The van der Waals surface area contributed by atoms with Crippen molar-refractivity contribution in [1.29, 1.82) is 0 Å². The van der Waals surface area contributed by atoms with Crippen molar-refractivity contribution in [2.24, 2.45) is 0 Å². The first-order chi connectivity index (χ1) is 9.10. The summed E-state index contributed by atoms with van der Waals surface area (Å²) in [6.07, 6.45) is 0. The Hall–Kier alpha value is -1.59. The Labute approximate surface area is 117 Å². The van der Waals surface area contributed by atoms with E-state index in [1.165, 1.54) is 0 Å². The third-order valence-electron chi connectivity index (χ3n) is 2.92. The molecule has 3 N–H and O–H groups in total. The molecule has 0 bridgehead atoms. The molecule has 2 rings (SSSR count). The average Bonchev–Trinajstić information content (AvgIpc) is 2.83. The van der Waals surface area contributed by atoms with E-state index >= 15 is 0 Å². The van der Waals surface area contributed by atoms with Gasteiger partial charge in [0.05, 0.1) is 13.2 Å². The molecule has 102 valence electrons. The summed E-state index contributed by atoms with van der Waals surface area (Å²) in [6, 6.07) is 5.94. The van der Waals surface area contributed by atoms with Crippen LogP contribution in [0.1, 0.15) is 29.2 Å². The van der Waals surface area contributed by atoms with Crippen molar-refractivity contribution in [3.05, 3.63) is 39.8 Å². The van der Waals surface area contributed by atoms with Crippen molar-refractivity contribution in [1.82, 2.24) is 10.3 Å². The number of thiazole rings is 1. The SMILES string of the molecule is COc1cc(N)ccc1CNC(C)c1nc(C)cs1. The Kier molecular flexibility index (Phi) is 4.39. The van der Waals surface area contributed by atoms with Gasteiger partial charge in [-0.3, -0.25) is 0 Å². The Bertz CT molecular complexity index is 553. The van der Waals surface area contributed by atoms with Gasteiger partial charge in [-0.05, 0) is 19.9 Å². The zero-order valence-corrected chi connectivity index (χ0v) is 12.3. The molecular formula is C14H19N3OS. The number of anilines is 1. The average molecular weight is 277 g/mol. The number of methoxy groups -OCH3 is 1. The van der Waals surface area contributed by atoms with E-state index in [0.717, 1.165) is 28.6 Å². The fraction of sp³-hybridized carbons (Fsp3) is 0.357. The Morgan fingerprint density at radius 2 is 2.26 bits per heavy atom. The maximum absolute atomic E-state index is 5.74. The van der Waals surface area contributed by atoms with Crippen LogP contribution in [-0.2, 0) is 6.54 Å². The van der Waals surface area contributed by atoms with E-state index in [0.29, 0.717) is 5.69 Å². The third-order valence-corrected chi connectivity index (χ3v) is 4.06. The van der Waals surface area contributed by atoms with Crippen LogP contribution in [0.4, 0.5) is 5.69 Å². The number of hydrogen-bond acceptors (Lipinski definition) is 5. The molecule has 4 nitrogen and oxygen atoms in total. The molecule has 5 heteroatoms. The molecule has 0 aliphatic heterocycles. The number of hydrogen-bond donors (Lipinski definition) is 2. The number of aryl methyl sites for hydroxylation is 1. The quantitative estimate of drug-likeness (QED) is 0.825. The molecule has 1 aromatic carbocycles. The summed E-state index contributed by atoms with van der Waals surface area (Å²) in [5.74, 6) is 0.815. The molecule has 0 aliphatic carbocycles. The minimum atomic E-state index is 0.223. The zero-order chi connectivity index (χ0) is 13.8. The predicted molar refractivity (Wildman–Crippen MR) is 79.5 cm³/mol. The topological polar surface area (TPSA) is 60.2 Å². The first-order valence-electron chi connectivity index (χ1n) is 6.18. The lowest BCUT2D eigenvalue weighted by Crippen LogP contribution is -2.18. The molecule has 0 saturated carbocycles. The fourth-order valence-electron chi connectivity index (χ4n) is 1.83. The number of rotatable bonds is 5. The highest BCUT2D eigenvalue weighted by Crippen LogP contribution is 2.23. The summed E-state index contributed by atoms with van der Waals surface area (Å²) in [4.78, 5) is 4.48. The number of nitrogens with zero attached hydrogens (tertiary/aromatic N) is 1. The highest BCUT2D eigenvalue weighted by molar-refractivity contribution is 7.09. The van der Waals surface area contributed by atoms with Gasteiger partial charge in [0.15, 0.2) is 0 Å². The van der Waals surface area contributed by atoms with Crippen LogP contribution in [-0.4, -0.2) is 12.1 Å². The monoisotopic (exact) mass is 277 g/mol. The minimum Gasteiger partial charge on any atom is -0.496 e. The molecule has 1 unspecified atom stereocenters. The van der Waals surface area contributed by atoms with Crippen LogP contribution in [0.25, 0.3) is 0 Å². The van der Waals surface area contributed by atoms with Crippen LogP contribution in [0, 0.1) is 6.92 Å². The van der Waals surface area contributed by atoms with E-state index in [2.05, 4.69) is 22.6 Å². The van der Waals surface area contributed by atoms with Gasteiger partial charge in [-0.2, -0.15) is 0 Å². The first-order valence-corrected chi connectivity index (χ1v) is 7.06. The smallest absolute Gasteiger partial charge is 0.125 e. The van der Waals surface area contributed by atoms with Crippen LogP contribution in [0.15, 0.2) is 23.6 Å². The minimum absolute atomic E-state index is 0.223. The second-order valence-electron chi connectivity index (χ2n) is 4.50. The largest absolute Gasteiger partial charge is 0.496 e.